The highest BCUT2D eigenvalue weighted by Crippen LogP contribution is 2.16. The van der Waals surface area contributed by atoms with Crippen molar-refractivity contribution in [3.8, 4) is 0 Å². The van der Waals surface area contributed by atoms with Crippen LogP contribution in [0.5, 0.6) is 0 Å². The molecule has 1 aliphatic rings. The average Bonchev–Trinajstić information content (AvgIpc) is 2.36. The number of nitrogens with one attached hydrogen (secondary N) is 1. The number of hydrogen-bond acceptors (Lipinski definition) is 1. The van der Waals surface area contributed by atoms with Crippen LogP contribution in [0.3, 0.4) is 0 Å². The Morgan fingerprint density at radius 2 is 2.40 bits per heavy atom. The number of aromatic amines is 1. The highest BCUT2D eigenvalue weighted by Gasteiger charge is 2.07. The second kappa shape index (κ2) is 1.73. The van der Waals surface area contributed by atoms with Gasteiger partial charge in [-0.25, -0.2) is 0 Å². The lowest BCUT2D eigenvalue weighted by molar-refractivity contribution is 1.13. The zero-order chi connectivity index (χ0) is 6.97. The molecule has 0 spiro atoms. The summed E-state index contributed by atoms with van der Waals surface area (Å²) in [7, 11) is 0. The normalized spacial score (nSPS) is 12.8. The molecular formula is C7H5N2O. The Morgan fingerprint density at radius 3 is 3.20 bits per heavy atom. The summed E-state index contributed by atoms with van der Waals surface area (Å²) in [5.41, 5.74) is 1.29. The van der Waals surface area contributed by atoms with Crippen molar-refractivity contribution in [2.24, 2.45) is 0 Å². The van der Waals surface area contributed by atoms with E-state index >= 15 is 0 Å². The first-order chi connectivity index (χ1) is 4.88. The fraction of sp³-hybridized carbons (Fsp3) is 0. The van der Waals surface area contributed by atoms with E-state index in [-0.39, 0.29) is 5.56 Å². The maximum absolute atomic E-state index is 10.9. The second-order valence-electron chi connectivity index (χ2n) is 2.06. The summed E-state index contributed by atoms with van der Waals surface area (Å²) >= 11 is 0. The molecule has 3 nitrogen and oxygen atoms in total. The van der Waals surface area contributed by atoms with Crippen molar-refractivity contribution in [3.05, 3.63) is 34.4 Å². The van der Waals surface area contributed by atoms with Gasteiger partial charge in [-0.1, -0.05) is 0 Å². The van der Waals surface area contributed by atoms with Crippen LogP contribution in [0.15, 0.2) is 23.3 Å². The Hall–Kier alpha value is -1.51. The lowest BCUT2D eigenvalue weighted by Gasteiger charge is -1.91. The van der Waals surface area contributed by atoms with Crippen molar-refractivity contribution in [2.75, 3.05) is 0 Å². The standard InChI is InChI=1S/C7H5N2O/c10-7-6-5(1-3-8-6)2-4-9-7/h1-4H,(H,9,10). The van der Waals surface area contributed by atoms with Crippen LogP contribution in [0.25, 0.3) is 6.08 Å². The minimum atomic E-state index is -0.123. The average molecular weight is 133 g/mol. The van der Waals surface area contributed by atoms with Crippen molar-refractivity contribution in [3.63, 3.8) is 0 Å². The molecule has 10 heavy (non-hydrogen) atoms. The van der Waals surface area contributed by atoms with Crippen LogP contribution in [0.4, 0.5) is 5.69 Å². The molecule has 0 amide bonds. The lowest BCUT2D eigenvalue weighted by atomic mass is 10.2. The van der Waals surface area contributed by atoms with Gasteiger partial charge in [0.25, 0.3) is 5.56 Å². The summed E-state index contributed by atoms with van der Waals surface area (Å²) in [5.74, 6) is 0. The van der Waals surface area contributed by atoms with Crippen molar-refractivity contribution >= 4 is 11.8 Å². The molecule has 0 unspecified atom stereocenters. The van der Waals surface area contributed by atoms with Gasteiger partial charge in [0.1, 0.15) is 5.69 Å². The lowest BCUT2D eigenvalue weighted by Crippen LogP contribution is -2.08. The Bertz CT molecular complexity index is 338. The zero-order valence-electron chi connectivity index (χ0n) is 5.16. The van der Waals surface area contributed by atoms with Crippen LogP contribution < -0.4 is 10.9 Å². The van der Waals surface area contributed by atoms with Gasteiger partial charge in [0.2, 0.25) is 0 Å². The highest BCUT2D eigenvalue weighted by atomic mass is 16.1. The fourth-order valence-corrected chi connectivity index (χ4v) is 0.945. The molecule has 0 saturated carbocycles. The Kier molecular flexibility index (Phi) is 0.917. The predicted octanol–water partition coefficient (Wildman–Crippen LogP) is 0.595. The first kappa shape index (κ1) is 5.29. The Balaban J connectivity index is 2.77. The number of fused-ring (bicyclic) bond motifs is 1. The maximum atomic E-state index is 10.9. The third kappa shape index (κ3) is 0.572. The summed E-state index contributed by atoms with van der Waals surface area (Å²) in [6, 6.07) is 1.82. The Labute approximate surface area is 57.4 Å². The van der Waals surface area contributed by atoms with Crippen LogP contribution in [0.2, 0.25) is 0 Å². The fourth-order valence-electron chi connectivity index (χ4n) is 0.945. The SMILES string of the molecule is O=c1[nH]ccc2c1[N]C=C2. The van der Waals surface area contributed by atoms with E-state index in [1.165, 1.54) is 0 Å². The Morgan fingerprint density at radius 1 is 1.50 bits per heavy atom. The van der Waals surface area contributed by atoms with Gasteiger partial charge in [0.05, 0.1) is 0 Å². The summed E-state index contributed by atoms with van der Waals surface area (Å²) in [4.78, 5) is 13.5. The van der Waals surface area contributed by atoms with Crippen LogP contribution in [0.1, 0.15) is 5.56 Å². The molecule has 2 rings (SSSR count). The monoisotopic (exact) mass is 133 g/mol. The third-order valence-electron chi connectivity index (χ3n) is 1.42. The second-order valence-corrected chi connectivity index (χ2v) is 2.06. The smallest absolute Gasteiger partial charge is 0.274 e. The van der Waals surface area contributed by atoms with E-state index in [4.69, 9.17) is 0 Å². The molecule has 0 saturated heterocycles. The van der Waals surface area contributed by atoms with Crippen LogP contribution >= 0.6 is 0 Å². The van der Waals surface area contributed by atoms with Crippen LogP contribution in [-0.4, -0.2) is 4.98 Å². The molecule has 1 radical (unpaired) electrons. The molecule has 1 aromatic heterocycles. The molecular weight excluding hydrogens is 128 g/mol. The van der Waals surface area contributed by atoms with Crippen molar-refractivity contribution in [2.45, 2.75) is 0 Å². The van der Waals surface area contributed by atoms with Gasteiger partial charge < -0.3 is 4.98 Å². The summed E-state index contributed by atoms with van der Waals surface area (Å²) in [6.07, 6.45) is 5.05. The van der Waals surface area contributed by atoms with Gasteiger partial charge >= 0.3 is 0 Å². The van der Waals surface area contributed by atoms with E-state index < -0.39 is 0 Å². The van der Waals surface area contributed by atoms with Crippen LogP contribution in [0, 0.1) is 0 Å². The van der Waals surface area contributed by atoms with Crippen LogP contribution in [-0.2, 0) is 0 Å². The van der Waals surface area contributed by atoms with Crippen molar-refractivity contribution in [1.82, 2.24) is 10.3 Å². The van der Waals surface area contributed by atoms with E-state index in [1.807, 2.05) is 12.1 Å². The molecule has 1 N–H and O–H groups in total. The number of hydrogen-bond donors (Lipinski definition) is 1. The largest absolute Gasteiger partial charge is 0.327 e. The number of nitrogens with zero attached hydrogens (tertiary/aromatic N) is 1. The van der Waals surface area contributed by atoms with Gasteiger partial charge in [0.15, 0.2) is 0 Å². The molecule has 0 aromatic carbocycles. The quantitative estimate of drug-likeness (QED) is 0.553. The molecule has 3 heteroatoms. The van der Waals surface area contributed by atoms with E-state index in [0.29, 0.717) is 5.69 Å². The maximum Gasteiger partial charge on any atom is 0.274 e. The predicted molar refractivity (Wildman–Crippen MR) is 37.9 cm³/mol. The van der Waals surface area contributed by atoms with E-state index in [2.05, 4.69) is 10.3 Å². The van der Waals surface area contributed by atoms with E-state index in [9.17, 15) is 4.79 Å². The number of H-pyrrole nitrogens is 1. The van der Waals surface area contributed by atoms with E-state index in [0.717, 1.165) is 5.56 Å². The van der Waals surface area contributed by atoms with Gasteiger partial charge in [-0.05, 0) is 12.1 Å². The number of pyridine rings is 1. The molecule has 2 heterocycles. The minimum absolute atomic E-state index is 0.123. The molecule has 1 aliphatic heterocycles. The van der Waals surface area contributed by atoms with E-state index in [1.54, 1.807) is 12.4 Å². The van der Waals surface area contributed by atoms with Gasteiger partial charge in [-0.3, -0.25) is 10.1 Å². The molecule has 0 bridgehead atoms. The highest BCUT2D eigenvalue weighted by molar-refractivity contribution is 5.67. The first-order valence-corrected chi connectivity index (χ1v) is 2.97. The van der Waals surface area contributed by atoms with Gasteiger partial charge in [-0.15, -0.1) is 0 Å². The van der Waals surface area contributed by atoms with Crippen molar-refractivity contribution in [1.29, 1.82) is 0 Å². The first-order valence-electron chi connectivity index (χ1n) is 2.97. The topological polar surface area (TPSA) is 47.0 Å². The summed E-state index contributed by atoms with van der Waals surface area (Å²) in [6.45, 7) is 0. The van der Waals surface area contributed by atoms with Crippen molar-refractivity contribution < 1.29 is 0 Å². The van der Waals surface area contributed by atoms with Gasteiger partial charge in [0, 0.05) is 18.0 Å². The molecule has 0 aliphatic carbocycles. The zero-order valence-corrected chi connectivity index (χ0v) is 5.16. The molecule has 0 atom stereocenters. The molecule has 1 aromatic rings. The number of rotatable bonds is 0. The molecule has 0 fully saturated rings. The minimum Gasteiger partial charge on any atom is -0.327 e. The summed E-state index contributed by atoms with van der Waals surface area (Å²) < 4.78 is 0. The number of aromatic nitrogens is 1. The third-order valence-corrected chi connectivity index (χ3v) is 1.42. The summed E-state index contributed by atoms with van der Waals surface area (Å²) in [5, 5.41) is 3.87. The van der Waals surface area contributed by atoms with Gasteiger partial charge in [-0.2, -0.15) is 0 Å². The molecule has 49 valence electrons.